The Morgan fingerprint density at radius 3 is 1.29 bits per heavy atom. The average Bonchev–Trinajstić information content (AvgIpc) is 3.90. The van der Waals surface area contributed by atoms with Crippen LogP contribution in [0.5, 0.6) is 0 Å². The predicted molar refractivity (Wildman–Crippen MR) is 255 cm³/mol. The lowest BCUT2D eigenvalue weighted by molar-refractivity contribution is -0.211. The van der Waals surface area contributed by atoms with E-state index in [1.54, 1.807) is 41.5 Å². The highest BCUT2D eigenvalue weighted by atomic mass is 79.9. The van der Waals surface area contributed by atoms with E-state index in [0.717, 1.165) is 9.80 Å². The van der Waals surface area contributed by atoms with Gasteiger partial charge in [0.15, 0.2) is 0 Å². The molecule has 0 amide bonds. The SMILES string of the molecule is CC(C)(C)OC(=O)CCc1ccc(N2CCC(c3cc(C(F)(F)F)cc(C(F)(F)F)c3)(C(F)(F)F)C2)nc1Br.CC(C)(C)OC(=O)CCc1ccc(N2CCC(c3cc(C(F)(F)F)cc(C(F)(F)F)c3)(C(F)(F)F)C2O)nc1Br. The number of nitrogens with zero attached hydrogens (tertiary/aromatic N) is 4. The van der Waals surface area contributed by atoms with E-state index in [1.165, 1.54) is 24.3 Å². The van der Waals surface area contributed by atoms with Gasteiger partial charge in [-0.1, -0.05) is 12.1 Å². The Labute approximate surface area is 456 Å². The second-order valence-corrected chi connectivity index (χ2v) is 22.0. The van der Waals surface area contributed by atoms with E-state index in [9.17, 15) is 93.7 Å². The lowest BCUT2D eigenvalue weighted by atomic mass is 9.76. The van der Waals surface area contributed by atoms with Gasteiger partial charge in [-0.05, 0) is 170 Å². The van der Waals surface area contributed by atoms with Crippen LogP contribution in [0.4, 0.5) is 90.7 Å². The van der Waals surface area contributed by atoms with Crippen LogP contribution in [0.3, 0.4) is 0 Å². The van der Waals surface area contributed by atoms with Crippen molar-refractivity contribution in [1.82, 2.24) is 9.97 Å². The topological polar surface area (TPSA) is 105 Å². The molecule has 2 fully saturated rings. The minimum atomic E-state index is -5.45. The van der Waals surface area contributed by atoms with Gasteiger partial charge in [-0.15, -0.1) is 0 Å². The molecule has 0 radical (unpaired) electrons. The van der Waals surface area contributed by atoms with E-state index in [4.69, 9.17) is 9.47 Å². The van der Waals surface area contributed by atoms with Crippen LogP contribution < -0.4 is 9.80 Å². The summed E-state index contributed by atoms with van der Waals surface area (Å²) in [5.74, 6) is -1.15. The van der Waals surface area contributed by atoms with Gasteiger partial charge < -0.3 is 24.4 Å². The maximum absolute atomic E-state index is 14.5. The van der Waals surface area contributed by atoms with E-state index in [0.29, 0.717) is 11.1 Å². The van der Waals surface area contributed by atoms with Crippen LogP contribution in [0.25, 0.3) is 0 Å². The number of rotatable bonds is 10. The summed E-state index contributed by atoms with van der Waals surface area (Å²) in [6.45, 7) is 8.31. The number of aromatic nitrogens is 2. The van der Waals surface area contributed by atoms with Crippen molar-refractivity contribution in [3.8, 4) is 0 Å². The molecule has 3 atom stereocenters. The molecule has 2 aliphatic heterocycles. The maximum atomic E-state index is 14.5. The molecule has 29 heteroatoms. The number of carbonyl (C=O) groups is 2. The molecule has 4 heterocycles. The van der Waals surface area contributed by atoms with Crippen LogP contribution in [0.1, 0.15) is 112 Å². The molecule has 2 saturated heterocycles. The van der Waals surface area contributed by atoms with E-state index >= 15 is 0 Å². The van der Waals surface area contributed by atoms with Gasteiger partial charge in [-0.25, -0.2) is 9.97 Å². The number of benzene rings is 2. The minimum absolute atomic E-state index is 0.00881. The highest BCUT2D eigenvalue weighted by Gasteiger charge is 2.66. The number of alkyl halides is 18. The average molecular weight is 1290 g/mol. The van der Waals surface area contributed by atoms with Gasteiger partial charge in [-0.2, -0.15) is 79.0 Å². The molecule has 0 spiro atoms. The maximum Gasteiger partial charge on any atom is 0.416 e. The third kappa shape index (κ3) is 15.5. The predicted octanol–water partition coefficient (Wildman–Crippen LogP) is 15.1. The van der Waals surface area contributed by atoms with E-state index in [1.807, 2.05) is 0 Å². The van der Waals surface area contributed by atoms with Crippen LogP contribution in [0, 0.1) is 0 Å². The van der Waals surface area contributed by atoms with Crippen molar-refractivity contribution in [3.05, 3.63) is 114 Å². The first-order chi connectivity index (χ1) is 35.7. The first-order valence-corrected chi connectivity index (χ1v) is 24.9. The van der Waals surface area contributed by atoms with E-state index in [-0.39, 0.29) is 89.5 Å². The van der Waals surface area contributed by atoms with Gasteiger partial charge in [0.25, 0.3) is 0 Å². The molecule has 9 nitrogen and oxygen atoms in total. The molecule has 0 saturated carbocycles. The zero-order valence-corrected chi connectivity index (χ0v) is 45.3. The second kappa shape index (κ2) is 22.7. The first-order valence-electron chi connectivity index (χ1n) is 23.4. The van der Waals surface area contributed by atoms with Crippen LogP contribution in [-0.4, -0.2) is 76.4 Å². The number of aryl methyl sites for hydroxylation is 2. The number of pyridine rings is 2. The summed E-state index contributed by atoms with van der Waals surface area (Å²) in [5.41, 5.74) is -16.8. The smallest absolute Gasteiger partial charge is 0.416 e. The van der Waals surface area contributed by atoms with Gasteiger partial charge in [0, 0.05) is 32.5 Å². The second-order valence-electron chi connectivity index (χ2n) is 20.5. The normalized spacial score (nSPS) is 19.8. The van der Waals surface area contributed by atoms with Gasteiger partial charge >= 0.3 is 49.0 Å². The molecule has 0 aliphatic carbocycles. The Morgan fingerprint density at radius 1 is 0.557 bits per heavy atom. The van der Waals surface area contributed by atoms with Crippen LogP contribution >= 0.6 is 31.9 Å². The van der Waals surface area contributed by atoms with E-state index < -0.39 is 137 Å². The summed E-state index contributed by atoms with van der Waals surface area (Å²) < 4.78 is 258. The van der Waals surface area contributed by atoms with Gasteiger partial charge in [-0.3, -0.25) is 9.59 Å². The van der Waals surface area contributed by atoms with E-state index in [2.05, 4.69) is 41.8 Å². The number of hydrogen-bond donors (Lipinski definition) is 1. The summed E-state index contributed by atoms with van der Waals surface area (Å²) in [5, 5.41) is 10.9. The molecular weight excluding hydrogens is 1240 g/mol. The Bertz CT molecular complexity index is 2790. The highest BCUT2D eigenvalue weighted by Crippen LogP contribution is 2.54. The number of ether oxygens (including phenoxy) is 2. The van der Waals surface area contributed by atoms with Crippen molar-refractivity contribution in [2.24, 2.45) is 0 Å². The van der Waals surface area contributed by atoms with Crippen molar-refractivity contribution < 1.29 is 103 Å². The Hall–Kier alpha value is -5.06. The Balaban J connectivity index is 0.000000291. The first kappa shape index (κ1) is 64.8. The summed E-state index contributed by atoms with van der Waals surface area (Å²) in [6.07, 6.45) is -36.1. The number of anilines is 2. The van der Waals surface area contributed by atoms with Gasteiger partial charge in [0.2, 0.25) is 0 Å². The molecule has 6 rings (SSSR count). The minimum Gasteiger partial charge on any atom is -0.460 e. The molecule has 1 N–H and O–H groups in total. The van der Waals surface area contributed by atoms with Crippen molar-refractivity contribution in [3.63, 3.8) is 0 Å². The molecule has 2 aromatic carbocycles. The largest absolute Gasteiger partial charge is 0.460 e. The van der Waals surface area contributed by atoms with Crippen LogP contribution in [-0.2, 0) is 67.4 Å². The number of aliphatic hydroxyl groups excluding tert-OH is 1. The summed E-state index contributed by atoms with van der Waals surface area (Å²) in [6, 6.07) is 5.32. The lowest BCUT2D eigenvalue weighted by Gasteiger charge is -2.37. The standard InChI is InChI=1S/C25H24BrF9N2O3.C25H24BrF9N2O2/c1-21(2,3)40-18(38)7-5-13-4-6-17(36-19(13)26)37-9-8-22(20(37)39,25(33,34)35)14-10-15(23(27,28)29)12-16(11-14)24(30,31)32;1-21(2,3)39-19(38)7-5-14-4-6-18(36-20(14)26)37-9-8-22(13-37,25(33,34)35)15-10-16(23(27,28)29)12-17(11-15)24(30,31)32/h4,6,10-12,20,39H,5,7-9H2,1-3H3;4,6,10-12H,5,7-9,13H2,1-3H3. The number of esters is 2. The van der Waals surface area contributed by atoms with Gasteiger partial charge in [0.05, 0.1) is 22.3 Å². The molecule has 79 heavy (non-hydrogen) atoms. The molecule has 0 bridgehead atoms. The Kier molecular flexibility index (Phi) is 18.6. The summed E-state index contributed by atoms with van der Waals surface area (Å²) in [4.78, 5) is 34.2. The van der Waals surface area contributed by atoms with Crippen molar-refractivity contribution in [2.45, 2.75) is 145 Å². The number of halogens is 20. The van der Waals surface area contributed by atoms with Crippen LogP contribution in [0.15, 0.2) is 69.9 Å². The highest BCUT2D eigenvalue weighted by molar-refractivity contribution is 9.10. The monoisotopic (exact) mass is 1280 g/mol. The molecule has 438 valence electrons. The third-order valence-corrected chi connectivity index (χ3v) is 13.9. The third-order valence-electron chi connectivity index (χ3n) is 12.5. The Morgan fingerprint density at radius 2 is 0.937 bits per heavy atom. The fourth-order valence-corrected chi connectivity index (χ4v) is 9.78. The number of aliphatic hydroxyl groups is 1. The number of hydrogen-bond acceptors (Lipinski definition) is 9. The number of carbonyl (C=O) groups excluding carboxylic acids is 2. The lowest BCUT2D eigenvalue weighted by Crippen LogP contribution is -2.52. The van der Waals surface area contributed by atoms with Crippen molar-refractivity contribution >= 4 is 55.4 Å². The van der Waals surface area contributed by atoms with Crippen molar-refractivity contribution in [2.75, 3.05) is 29.4 Å². The molecule has 2 aliphatic rings. The summed E-state index contributed by atoms with van der Waals surface area (Å²) >= 11 is 6.38. The molecular formula is C50H48Br2F18N4O5. The quantitative estimate of drug-likeness (QED) is 0.0944. The molecule has 2 aromatic heterocycles. The molecule has 4 aromatic rings. The molecule has 3 unspecified atom stereocenters. The zero-order chi connectivity index (χ0) is 60.1. The fourth-order valence-electron chi connectivity index (χ4n) is 8.75. The zero-order valence-electron chi connectivity index (χ0n) is 42.1. The fraction of sp³-hybridized carbons (Fsp3) is 0.520. The van der Waals surface area contributed by atoms with Crippen LogP contribution in [0.2, 0.25) is 0 Å². The summed E-state index contributed by atoms with van der Waals surface area (Å²) in [7, 11) is 0. The van der Waals surface area contributed by atoms with Gasteiger partial charge in [0.1, 0.15) is 49.1 Å². The van der Waals surface area contributed by atoms with Crippen molar-refractivity contribution in [1.29, 1.82) is 0 Å².